The fourth-order valence-corrected chi connectivity index (χ4v) is 8.16. The van der Waals surface area contributed by atoms with Gasteiger partial charge in [0.25, 0.3) is 5.91 Å². The molecule has 2 aromatic rings. The van der Waals surface area contributed by atoms with E-state index >= 15 is 0 Å². The number of halogens is 1. The second-order valence-electron chi connectivity index (χ2n) is 12.7. The summed E-state index contributed by atoms with van der Waals surface area (Å²) < 4.78 is 7.09. The Bertz CT molecular complexity index is 1510. The van der Waals surface area contributed by atoms with E-state index in [4.69, 9.17) is 16.3 Å². The van der Waals surface area contributed by atoms with Gasteiger partial charge in [-0.1, -0.05) is 99.1 Å². The van der Waals surface area contributed by atoms with E-state index in [1.807, 2.05) is 94.5 Å². The van der Waals surface area contributed by atoms with Crippen molar-refractivity contribution in [3.63, 3.8) is 0 Å². The van der Waals surface area contributed by atoms with Gasteiger partial charge in [-0.2, -0.15) is 0 Å². The van der Waals surface area contributed by atoms with Crippen LogP contribution < -0.4 is 4.90 Å². The zero-order valence-corrected chi connectivity index (χ0v) is 26.4. The van der Waals surface area contributed by atoms with Gasteiger partial charge in [-0.25, -0.2) is 0 Å². The minimum atomic E-state index is -1.42. The van der Waals surface area contributed by atoms with Gasteiger partial charge in [0, 0.05) is 19.6 Å². The lowest BCUT2D eigenvalue weighted by Gasteiger charge is -2.42. The third kappa shape index (κ3) is 4.53. The molecule has 0 saturated carbocycles. The number of rotatable bonds is 7. The first-order valence-corrected chi connectivity index (χ1v) is 15.9. The highest BCUT2D eigenvalue weighted by Gasteiger charge is 2.76. The number of aliphatic hydroxyl groups is 1. The quantitative estimate of drug-likeness (QED) is 0.461. The van der Waals surface area contributed by atoms with Crippen LogP contribution in [0, 0.1) is 24.7 Å². The summed E-state index contributed by atoms with van der Waals surface area (Å²) >= 11 is 6.67. The average molecular weight is 618 g/mol. The fraction of sp³-hybridized carbons (Fsp3) is 0.457. The van der Waals surface area contributed by atoms with E-state index in [-0.39, 0.29) is 36.8 Å². The highest BCUT2D eigenvalue weighted by molar-refractivity contribution is 6.34. The number of benzene rings is 2. The topological polar surface area (TPSA) is 90.4 Å². The lowest BCUT2D eigenvalue weighted by atomic mass is 9.73. The van der Waals surface area contributed by atoms with Crippen LogP contribution in [0.1, 0.15) is 38.3 Å². The molecule has 232 valence electrons. The lowest BCUT2D eigenvalue weighted by molar-refractivity contribution is -0.153. The summed E-state index contributed by atoms with van der Waals surface area (Å²) in [7, 11) is 0. The Kier molecular flexibility index (Phi) is 7.97. The van der Waals surface area contributed by atoms with Crippen molar-refractivity contribution in [3.05, 3.63) is 89.0 Å². The Balaban J connectivity index is 1.51. The van der Waals surface area contributed by atoms with Gasteiger partial charge < -0.3 is 24.5 Å². The number of carbonyl (C=O) groups is 3. The summed E-state index contributed by atoms with van der Waals surface area (Å²) in [5.41, 5.74) is -0.123. The van der Waals surface area contributed by atoms with Crippen LogP contribution in [0.5, 0.6) is 0 Å². The second-order valence-corrected chi connectivity index (χ2v) is 13.1. The molecule has 4 aliphatic rings. The normalized spacial score (nSPS) is 30.4. The fourth-order valence-electron chi connectivity index (χ4n) is 7.84. The summed E-state index contributed by atoms with van der Waals surface area (Å²) in [6, 6.07) is 13.5. The van der Waals surface area contributed by atoms with Crippen molar-refractivity contribution in [3.8, 4) is 0 Å². The summed E-state index contributed by atoms with van der Waals surface area (Å²) in [6.07, 6.45) is 8.03. The SMILES string of the molecule is CC[C@]12C=CCN(Cc3ccccc3)C(=O)[C@H]1[C@H]1C(=O)N([C@@H](CO)C(C)C)C3C(=O)N(c4c(C)cccc4Cl)CC=C[C@@]31O2. The second kappa shape index (κ2) is 11.5. The molecule has 8 nitrogen and oxygen atoms in total. The van der Waals surface area contributed by atoms with E-state index in [9.17, 15) is 19.5 Å². The molecule has 1 N–H and O–H groups in total. The number of hydrogen-bond acceptors (Lipinski definition) is 5. The molecule has 4 aliphatic heterocycles. The van der Waals surface area contributed by atoms with Crippen LogP contribution in [0.2, 0.25) is 5.02 Å². The standard InChI is InChI=1S/C35H40ClN3O5/c1-5-34-16-10-18-37(20-24-13-7-6-8-14-24)31(41)27(34)28-32(42)39(26(21-40)22(2)3)30-33(43)38(19-11-17-35(28,30)44-34)29-23(4)12-9-15-25(29)36/h6-17,22,26-28,30,40H,5,18-21H2,1-4H3/t26-,27+,28-,30?,34-,35-/m0/s1. The number of likely N-dealkylation sites (tertiary alicyclic amines) is 1. The first-order valence-electron chi connectivity index (χ1n) is 15.5. The Hall–Kier alpha value is -3.46. The monoisotopic (exact) mass is 617 g/mol. The lowest BCUT2D eigenvalue weighted by Crippen LogP contribution is -2.60. The average Bonchev–Trinajstić information content (AvgIpc) is 3.30. The van der Waals surface area contributed by atoms with E-state index in [1.54, 1.807) is 15.9 Å². The van der Waals surface area contributed by atoms with Crippen molar-refractivity contribution in [2.75, 3.05) is 24.6 Å². The number of anilines is 1. The number of aliphatic hydroxyl groups excluding tert-OH is 1. The van der Waals surface area contributed by atoms with Crippen molar-refractivity contribution >= 4 is 35.0 Å². The first kappa shape index (κ1) is 30.6. The minimum Gasteiger partial charge on any atom is -0.394 e. The number of nitrogens with zero attached hydrogens (tertiary/aromatic N) is 3. The number of hydrogen-bond donors (Lipinski definition) is 1. The number of ether oxygens (including phenoxy) is 1. The van der Waals surface area contributed by atoms with Gasteiger partial charge in [0.2, 0.25) is 11.8 Å². The van der Waals surface area contributed by atoms with Crippen LogP contribution in [-0.2, 0) is 25.7 Å². The van der Waals surface area contributed by atoms with Crippen LogP contribution in [-0.4, -0.2) is 75.6 Å². The highest BCUT2D eigenvalue weighted by Crippen LogP contribution is 2.59. The molecule has 9 heteroatoms. The van der Waals surface area contributed by atoms with E-state index in [1.165, 1.54) is 4.90 Å². The van der Waals surface area contributed by atoms with Gasteiger partial charge in [0.05, 0.1) is 40.8 Å². The van der Waals surface area contributed by atoms with Crippen LogP contribution in [0.15, 0.2) is 72.8 Å². The molecule has 0 aliphatic carbocycles. The number of para-hydroxylation sites is 1. The molecule has 0 radical (unpaired) electrons. The maximum absolute atomic E-state index is 14.9. The summed E-state index contributed by atoms with van der Waals surface area (Å²) in [5, 5.41) is 11.0. The Morgan fingerprint density at radius 2 is 1.68 bits per heavy atom. The number of aryl methyl sites for hydroxylation is 1. The molecule has 6 rings (SSSR count). The smallest absolute Gasteiger partial charge is 0.253 e. The molecular weight excluding hydrogens is 578 g/mol. The molecule has 2 saturated heterocycles. The summed E-state index contributed by atoms with van der Waals surface area (Å²) in [5.74, 6) is -2.84. The van der Waals surface area contributed by atoms with Gasteiger partial charge in [0.1, 0.15) is 11.6 Å². The molecule has 3 amide bonds. The predicted molar refractivity (Wildman–Crippen MR) is 169 cm³/mol. The van der Waals surface area contributed by atoms with Crippen molar-refractivity contribution in [2.24, 2.45) is 17.8 Å². The van der Waals surface area contributed by atoms with Gasteiger partial charge in [-0.05, 0) is 36.5 Å². The van der Waals surface area contributed by atoms with E-state index < -0.39 is 35.1 Å². The predicted octanol–water partition coefficient (Wildman–Crippen LogP) is 4.53. The van der Waals surface area contributed by atoms with Crippen molar-refractivity contribution in [1.29, 1.82) is 0 Å². The number of carbonyl (C=O) groups excluding carboxylic acids is 3. The Morgan fingerprint density at radius 3 is 2.34 bits per heavy atom. The van der Waals surface area contributed by atoms with Gasteiger partial charge in [-0.3, -0.25) is 14.4 Å². The van der Waals surface area contributed by atoms with Crippen LogP contribution in [0.25, 0.3) is 0 Å². The van der Waals surface area contributed by atoms with Crippen molar-refractivity contribution < 1.29 is 24.2 Å². The van der Waals surface area contributed by atoms with Crippen molar-refractivity contribution in [1.82, 2.24) is 9.80 Å². The number of amides is 3. The molecular formula is C35H40ClN3O5. The first-order chi connectivity index (χ1) is 21.1. The third-order valence-corrected chi connectivity index (χ3v) is 10.3. The molecule has 6 atom stereocenters. The molecule has 0 bridgehead atoms. The maximum atomic E-state index is 14.9. The molecule has 44 heavy (non-hydrogen) atoms. The molecule has 1 unspecified atom stereocenters. The zero-order chi connectivity index (χ0) is 31.4. The van der Waals surface area contributed by atoms with E-state index in [2.05, 4.69) is 0 Å². The van der Waals surface area contributed by atoms with Gasteiger partial charge in [0.15, 0.2) is 0 Å². The highest BCUT2D eigenvalue weighted by atomic mass is 35.5. The van der Waals surface area contributed by atoms with Crippen molar-refractivity contribution in [2.45, 2.75) is 63.9 Å². The Morgan fingerprint density at radius 1 is 0.955 bits per heavy atom. The Labute approximate surface area is 263 Å². The molecule has 2 fully saturated rings. The van der Waals surface area contributed by atoms with Crippen LogP contribution >= 0.6 is 11.6 Å². The van der Waals surface area contributed by atoms with E-state index in [0.29, 0.717) is 30.2 Å². The summed E-state index contributed by atoms with van der Waals surface area (Å²) in [6.45, 7) is 8.35. The molecule has 2 aromatic carbocycles. The molecule has 4 heterocycles. The molecule has 1 spiro atoms. The maximum Gasteiger partial charge on any atom is 0.253 e. The van der Waals surface area contributed by atoms with Crippen LogP contribution in [0.3, 0.4) is 0 Å². The summed E-state index contributed by atoms with van der Waals surface area (Å²) in [4.78, 5) is 49.2. The zero-order valence-electron chi connectivity index (χ0n) is 25.7. The third-order valence-electron chi connectivity index (χ3n) is 9.95. The van der Waals surface area contributed by atoms with Gasteiger partial charge in [-0.15, -0.1) is 0 Å². The largest absolute Gasteiger partial charge is 0.394 e. The minimum absolute atomic E-state index is 0.161. The van der Waals surface area contributed by atoms with E-state index in [0.717, 1.165) is 11.1 Å². The number of fused-ring (bicyclic) bond motifs is 2. The van der Waals surface area contributed by atoms with Gasteiger partial charge >= 0.3 is 0 Å². The van der Waals surface area contributed by atoms with Crippen LogP contribution in [0.4, 0.5) is 5.69 Å². The molecule has 0 aromatic heterocycles.